The van der Waals surface area contributed by atoms with Crippen LogP contribution in [0.4, 0.5) is 13.2 Å². The van der Waals surface area contributed by atoms with Gasteiger partial charge in [0.15, 0.2) is 0 Å². The normalized spacial score (nSPS) is 22.7. The number of aliphatic carboxylic acids is 1. The Balaban J connectivity index is 2.72. The van der Waals surface area contributed by atoms with Crippen LogP contribution in [0.2, 0.25) is 0 Å². The molecule has 0 saturated carbocycles. The summed E-state index contributed by atoms with van der Waals surface area (Å²) < 4.78 is 36.5. The monoisotopic (exact) mass is 239 g/mol. The van der Waals surface area contributed by atoms with Crippen LogP contribution in [-0.2, 0) is 9.59 Å². The molecule has 0 spiro atoms. The number of carbonyl (C=O) groups excluding carboxylic acids is 1. The minimum Gasteiger partial charge on any atom is -0.481 e. The maximum atomic E-state index is 12.2. The van der Waals surface area contributed by atoms with Crippen LogP contribution in [0.1, 0.15) is 19.3 Å². The molecule has 1 N–H and O–H groups in total. The number of hydrogen-bond acceptors (Lipinski definition) is 2. The first-order valence-corrected chi connectivity index (χ1v) is 4.91. The van der Waals surface area contributed by atoms with Crippen molar-refractivity contribution in [3.8, 4) is 0 Å². The van der Waals surface area contributed by atoms with Crippen molar-refractivity contribution in [2.75, 3.05) is 13.1 Å². The molecule has 0 aromatic carbocycles. The van der Waals surface area contributed by atoms with Crippen LogP contribution in [-0.4, -0.2) is 41.1 Å². The van der Waals surface area contributed by atoms with Gasteiger partial charge in [-0.25, -0.2) is 0 Å². The molecule has 1 unspecified atom stereocenters. The lowest BCUT2D eigenvalue weighted by Gasteiger charge is -2.23. The van der Waals surface area contributed by atoms with Crippen LogP contribution in [0.3, 0.4) is 0 Å². The highest BCUT2D eigenvalue weighted by Crippen LogP contribution is 2.23. The standard InChI is InChI=1S/C9H12F3NO3/c10-9(11,12)8(16)13-4-2-1-3-6(5-13)7(14)15/h6H,1-5H2,(H,14,15). The van der Waals surface area contributed by atoms with Crippen LogP contribution in [0, 0.1) is 5.92 Å². The Hall–Kier alpha value is -1.27. The van der Waals surface area contributed by atoms with Gasteiger partial charge >= 0.3 is 18.1 Å². The third-order valence-electron chi connectivity index (χ3n) is 2.55. The minimum absolute atomic E-state index is 0.0257. The fraction of sp³-hybridized carbons (Fsp3) is 0.778. The predicted octanol–water partition coefficient (Wildman–Crippen LogP) is 1.26. The van der Waals surface area contributed by atoms with E-state index < -0.39 is 24.0 Å². The number of hydrogen-bond donors (Lipinski definition) is 1. The van der Waals surface area contributed by atoms with Crippen molar-refractivity contribution in [2.24, 2.45) is 5.92 Å². The lowest BCUT2D eigenvalue weighted by atomic mass is 10.0. The van der Waals surface area contributed by atoms with Crippen molar-refractivity contribution in [2.45, 2.75) is 25.4 Å². The van der Waals surface area contributed by atoms with Gasteiger partial charge in [0.2, 0.25) is 0 Å². The Labute approximate surface area is 90.0 Å². The number of alkyl halides is 3. The fourth-order valence-electron chi connectivity index (χ4n) is 1.71. The number of carbonyl (C=O) groups is 2. The van der Waals surface area contributed by atoms with Gasteiger partial charge in [0, 0.05) is 13.1 Å². The largest absolute Gasteiger partial charge is 0.481 e. The van der Waals surface area contributed by atoms with E-state index in [9.17, 15) is 22.8 Å². The third kappa shape index (κ3) is 3.11. The quantitative estimate of drug-likeness (QED) is 0.749. The van der Waals surface area contributed by atoms with E-state index in [1.54, 1.807) is 0 Å². The maximum Gasteiger partial charge on any atom is 0.471 e. The van der Waals surface area contributed by atoms with Crippen molar-refractivity contribution in [3.63, 3.8) is 0 Å². The number of carboxylic acid groups (broad SMARTS) is 1. The smallest absolute Gasteiger partial charge is 0.471 e. The summed E-state index contributed by atoms with van der Waals surface area (Å²) in [5.74, 6) is -3.99. The molecular weight excluding hydrogens is 227 g/mol. The second-order valence-corrected chi connectivity index (χ2v) is 3.78. The molecule has 0 bridgehead atoms. The molecular formula is C9H12F3NO3. The van der Waals surface area contributed by atoms with Crippen molar-refractivity contribution in [1.29, 1.82) is 0 Å². The maximum absolute atomic E-state index is 12.2. The Bertz CT molecular complexity index is 290. The van der Waals surface area contributed by atoms with E-state index in [0.29, 0.717) is 24.2 Å². The lowest BCUT2D eigenvalue weighted by Crippen LogP contribution is -2.44. The van der Waals surface area contributed by atoms with Gasteiger partial charge in [-0.15, -0.1) is 0 Å². The van der Waals surface area contributed by atoms with E-state index in [2.05, 4.69) is 0 Å². The lowest BCUT2D eigenvalue weighted by molar-refractivity contribution is -0.186. The van der Waals surface area contributed by atoms with Gasteiger partial charge in [-0.1, -0.05) is 6.42 Å². The number of nitrogens with zero attached hydrogens (tertiary/aromatic N) is 1. The van der Waals surface area contributed by atoms with Gasteiger partial charge < -0.3 is 10.0 Å². The number of halogens is 3. The molecule has 1 saturated heterocycles. The number of likely N-dealkylation sites (tertiary alicyclic amines) is 1. The molecule has 1 rings (SSSR count). The number of rotatable bonds is 1. The summed E-state index contributed by atoms with van der Waals surface area (Å²) >= 11 is 0. The molecule has 0 aromatic rings. The van der Waals surface area contributed by atoms with Gasteiger partial charge in [-0.3, -0.25) is 9.59 Å². The first-order chi connectivity index (χ1) is 7.32. The summed E-state index contributed by atoms with van der Waals surface area (Å²) in [6.45, 7) is -0.379. The highest BCUT2D eigenvalue weighted by molar-refractivity contribution is 5.82. The molecule has 0 aromatic heterocycles. The van der Waals surface area contributed by atoms with Crippen molar-refractivity contribution in [3.05, 3.63) is 0 Å². The van der Waals surface area contributed by atoms with Crippen LogP contribution < -0.4 is 0 Å². The van der Waals surface area contributed by atoms with E-state index in [-0.39, 0.29) is 13.1 Å². The molecule has 0 aliphatic carbocycles. The summed E-state index contributed by atoms with van der Waals surface area (Å²) in [5.41, 5.74) is 0. The molecule has 1 fully saturated rings. The van der Waals surface area contributed by atoms with Crippen molar-refractivity contribution < 1.29 is 27.9 Å². The molecule has 1 aliphatic heterocycles. The SMILES string of the molecule is O=C(O)C1CCCCN(C(=O)C(F)(F)F)C1. The van der Waals surface area contributed by atoms with Gasteiger partial charge in [-0.2, -0.15) is 13.2 Å². The number of amides is 1. The molecule has 4 nitrogen and oxygen atoms in total. The zero-order valence-electron chi connectivity index (χ0n) is 8.46. The predicted molar refractivity (Wildman–Crippen MR) is 47.6 cm³/mol. The van der Waals surface area contributed by atoms with E-state index in [0.717, 1.165) is 0 Å². The van der Waals surface area contributed by atoms with Crippen LogP contribution in [0.25, 0.3) is 0 Å². The summed E-state index contributed by atoms with van der Waals surface area (Å²) in [6, 6.07) is 0. The highest BCUT2D eigenvalue weighted by atomic mass is 19.4. The highest BCUT2D eigenvalue weighted by Gasteiger charge is 2.43. The van der Waals surface area contributed by atoms with Gasteiger partial charge in [0.1, 0.15) is 0 Å². The van der Waals surface area contributed by atoms with Gasteiger partial charge in [0.25, 0.3) is 0 Å². The zero-order valence-corrected chi connectivity index (χ0v) is 8.46. The van der Waals surface area contributed by atoms with E-state index in [1.807, 2.05) is 0 Å². The molecule has 92 valence electrons. The first kappa shape index (κ1) is 12.8. The molecule has 1 amide bonds. The Morgan fingerprint density at radius 3 is 2.38 bits per heavy atom. The van der Waals surface area contributed by atoms with Crippen LogP contribution in [0.5, 0.6) is 0 Å². The fourth-order valence-corrected chi connectivity index (χ4v) is 1.71. The average molecular weight is 239 g/mol. The van der Waals surface area contributed by atoms with Gasteiger partial charge in [0.05, 0.1) is 5.92 Å². The molecule has 7 heteroatoms. The van der Waals surface area contributed by atoms with Gasteiger partial charge in [-0.05, 0) is 12.8 Å². The summed E-state index contributed by atoms with van der Waals surface area (Å²) in [5, 5.41) is 8.75. The van der Waals surface area contributed by atoms with Crippen LogP contribution in [0.15, 0.2) is 0 Å². The molecule has 1 heterocycles. The Morgan fingerprint density at radius 2 is 1.88 bits per heavy atom. The zero-order chi connectivity index (χ0) is 12.3. The Morgan fingerprint density at radius 1 is 1.25 bits per heavy atom. The topological polar surface area (TPSA) is 57.6 Å². The van der Waals surface area contributed by atoms with E-state index in [4.69, 9.17) is 5.11 Å². The first-order valence-electron chi connectivity index (χ1n) is 4.91. The third-order valence-corrected chi connectivity index (χ3v) is 2.55. The molecule has 16 heavy (non-hydrogen) atoms. The van der Waals surface area contributed by atoms with E-state index >= 15 is 0 Å². The van der Waals surface area contributed by atoms with Crippen molar-refractivity contribution >= 4 is 11.9 Å². The number of carboxylic acids is 1. The van der Waals surface area contributed by atoms with Crippen molar-refractivity contribution in [1.82, 2.24) is 4.90 Å². The summed E-state index contributed by atoms with van der Waals surface area (Å²) in [6.07, 6.45) is -3.67. The Kier molecular flexibility index (Phi) is 3.77. The second-order valence-electron chi connectivity index (χ2n) is 3.78. The average Bonchev–Trinajstić information content (AvgIpc) is 2.40. The molecule has 1 aliphatic rings. The van der Waals surface area contributed by atoms with Crippen LogP contribution >= 0.6 is 0 Å². The summed E-state index contributed by atoms with van der Waals surface area (Å²) in [7, 11) is 0. The second kappa shape index (κ2) is 4.71. The van der Waals surface area contributed by atoms with E-state index in [1.165, 1.54) is 0 Å². The summed E-state index contributed by atoms with van der Waals surface area (Å²) in [4.78, 5) is 22.2. The molecule has 1 atom stereocenters. The minimum atomic E-state index is -4.92. The molecule has 0 radical (unpaired) electrons.